The number of ether oxygens (including phenoxy) is 2. The van der Waals surface area contributed by atoms with Crippen molar-refractivity contribution in [3.05, 3.63) is 36.1 Å². The van der Waals surface area contributed by atoms with Crippen molar-refractivity contribution < 1.29 is 28.4 Å². The first-order valence-corrected chi connectivity index (χ1v) is 7.44. The summed E-state index contributed by atoms with van der Waals surface area (Å²) in [5.41, 5.74) is 1.08. The molecule has 9 nitrogen and oxygen atoms in total. The molecule has 1 aromatic carbocycles. The van der Waals surface area contributed by atoms with Gasteiger partial charge in [-0.15, -0.1) is 0 Å². The number of nitrogens with one attached hydrogen (secondary N) is 1. The first kappa shape index (κ1) is 16.5. The van der Waals surface area contributed by atoms with Gasteiger partial charge < -0.3 is 19.3 Å². The molecule has 1 aromatic heterocycles. The molecular formula is C16H15N3O6. The Balaban J connectivity index is 1.54. The molecule has 2 heterocycles. The standard InChI is InChI=1S/C16H15N3O6/c1-10-6-14(18-25-10)23-9-16(22)24-8-15(21)19-7-13(20)17-11-4-2-3-5-12(11)19/h2-6H,7-9H2,1H3,(H,17,20). The lowest BCUT2D eigenvalue weighted by molar-refractivity contribution is -0.149. The van der Waals surface area contributed by atoms with Crippen molar-refractivity contribution in [2.24, 2.45) is 0 Å². The molecule has 2 aromatic rings. The van der Waals surface area contributed by atoms with Crippen LogP contribution in [0.5, 0.6) is 5.88 Å². The van der Waals surface area contributed by atoms with Crippen molar-refractivity contribution in [1.82, 2.24) is 5.16 Å². The number of amides is 2. The van der Waals surface area contributed by atoms with Gasteiger partial charge in [0.1, 0.15) is 12.3 Å². The number of para-hydroxylation sites is 2. The summed E-state index contributed by atoms with van der Waals surface area (Å²) in [7, 11) is 0. The number of rotatable bonds is 5. The van der Waals surface area contributed by atoms with Gasteiger partial charge in [0.25, 0.3) is 11.8 Å². The molecule has 0 spiro atoms. The highest BCUT2D eigenvalue weighted by atomic mass is 16.6. The number of aryl methyl sites for hydroxylation is 1. The zero-order valence-corrected chi connectivity index (χ0v) is 13.4. The van der Waals surface area contributed by atoms with Gasteiger partial charge in [0, 0.05) is 6.07 Å². The number of hydrogen-bond acceptors (Lipinski definition) is 7. The third kappa shape index (κ3) is 3.94. The molecule has 9 heteroatoms. The Labute approximate surface area is 142 Å². The van der Waals surface area contributed by atoms with Crippen LogP contribution in [0, 0.1) is 6.92 Å². The number of esters is 1. The summed E-state index contributed by atoms with van der Waals surface area (Å²) in [6, 6.07) is 8.39. The van der Waals surface area contributed by atoms with Gasteiger partial charge in [0.2, 0.25) is 5.91 Å². The second kappa shape index (κ2) is 7.04. The first-order chi connectivity index (χ1) is 12.0. The Bertz CT molecular complexity index is 816. The molecule has 2 amide bonds. The summed E-state index contributed by atoms with van der Waals surface area (Å²) in [6.07, 6.45) is 0. The van der Waals surface area contributed by atoms with Crippen molar-refractivity contribution in [1.29, 1.82) is 0 Å². The normalized spacial score (nSPS) is 13.0. The zero-order chi connectivity index (χ0) is 17.8. The lowest BCUT2D eigenvalue weighted by Crippen LogP contribution is -2.44. The van der Waals surface area contributed by atoms with E-state index in [1.54, 1.807) is 31.2 Å². The van der Waals surface area contributed by atoms with Crippen LogP contribution in [0.1, 0.15) is 5.76 Å². The van der Waals surface area contributed by atoms with E-state index in [-0.39, 0.29) is 18.3 Å². The lowest BCUT2D eigenvalue weighted by Gasteiger charge is -2.28. The van der Waals surface area contributed by atoms with Crippen LogP contribution in [0.2, 0.25) is 0 Å². The fraction of sp³-hybridized carbons (Fsp3) is 0.250. The van der Waals surface area contributed by atoms with Gasteiger partial charge in [-0.3, -0.25) is 14.5 Å². The van der Waals surface area contributed by atoms with Crippen LogP contribution >= 0.6 is 0 Å². The summed E-state index contributed by atoms with van der Waals surface area (Å²) in [5, 5.41) is 6.24. The van der Waals surface area contributed by atoms with E-state index in [9.17, 15) is 14.4 Å². The molecule has 0 fully saturated rings. The Morgan fingerprint density at radius 1 is 1.32 bits per heavy atom. The summed E-state index contributed by atoms with van der Waals surface area (Å²) in [4.78, 5) is 36.9. The van der Waals surface area contributed by atoms with Crippen molar-refractivity contribution >= 4 is 29.2 Å². The maximum absolute atomic E-state index is 12.3. The fourth-order valence-corrected chi connectivity index (χ4v) is 2.26. The molecular weight excluding hydrogens is 330 g/mol. The number of benzene rings is 1. The molecule has 0 unspecified atom stereocenters. The molecule has 0 aliphatic carbocycles. The molecule has 0 saturated heterocycles. The highest BCUT2D eigenvalue weighted by Gasteiger charge is 2.27. The Kier molecular flexibility index (Phi) is 4.64. The zero-order valence-electron chi connectivity index (χ0n) is 13.4. The molecule has 0 radical (unpaired) electrons. The van der Waals surface area contributed by atoms with Crippen LogP contribution in [-0.4, -0.2) is 42.7 Å². The first-order valence-electron chi connectivity index (χ1n) is 7.44. The average molecular weight is 345 g/mol. The molecule has 0 atom stereocenters. The number of carbonyl (C=O) groups excluding carboxylic acids is 3. The number of carbonyl (C=O) groups is 3. The SMILES string of the molecule is Cc1cc(OCC(=O)OCC(=O)N2CC(=O)Nc3ccccc32)no1. The van der Waals surface area contributed by atoms with Crippen molar-refractivity contribution in [3.63, 3.8) is 0 Å². The number of nitrogens with zero attached hydrogens (tertiary/aromatic N) is 2. The van der Waals surface area contributed by atoms with Gasteiger partial charge >= 0.3 is 5.97 Å². The Hall–Kier alpha value is -3.36. The number of anilines is 2. The van der Waals surface area contributed by atoms with Crippen LogP contribution in [0.15, 0.2) is 34.9 Å². The maximum atomic E-state index is 12.3. The Morgan fingerprint density at radius 3 is 2.88 bits per heavy atom. The van der Waals surface area contributed by atoms with Gasteiger partial charge in [-0.2, -0.15) is 0 Å². The summed E-state index contributed by atoms with van der Waals surface area (Å²) in [5.74, 6) is -0.859. The molecule has 130 valence electrons. The number of aromatic nitrogens is 1. The minimum absolute atomic E-state index is 0.137. The predicted molar refractivity (Wildman–Crippen MR) is 85.1 cm³/mol. The molecule has 1 N–H and O–H groups in total. The molecule has 0 saturated carbocycles. The Morgan fingerprint density at radius 2 is 2.12 bits per heavy atom. The summed E-state index contributed by atoms with van der Waals surface area (Å²) < 4.78 is 14.8. The molecule has 3 rings (SSSR count). The molecule has 1 aliphatic heterocycles. The van der Waals surface area contributed by atoms with E-state index >= 15 is 0 Å². The monoisotopic (exact) mass is 345 g/mol. The van der Waals surface area contributed by atoms with Gasteiger partial charge in [-0.1, -0.05) is 12.1 Å². The van der Waals surface area contributed by atoms with Crippen LogP contribution in [0.25, 0.3) is 0 Å². The fourth-order valence-electron chi connectivity index (χ4n) is 2.26. The van der Waals surface area contributed by atoms with E-state index < -0.39 is 25.1 Å². The molecule has 0 bridgehead atoms. The molecule has 1 aliphatic rings. The van der Waals surface area contributed by atoms with Crippen molar-refractivity contribution in [3.8, 4) is 5.88 Å². The number of fused-ring (bicyclic) bond motifs is 1. The van der Waals surface area contributed by atoms with Gasteiger partial charge in [-0.05, 0) is 24.2 Å². The van der Waals surface area contributed by atoms with E-state index in [0.29, 0.717) is 17.1 Å². The van der Waals surface area contributed by atoms with Gasteiger partial charge in [0.15, 0.2) is 13.2 Å². The molecule has 25 heavy (non-hydrogen) atoms. The maximum Gasteiger partial charge on any atom is 0.344 e. The van der Waals surface area contributed by atoms with E-state index in [4.69, 9.17) is 14.0 Å². The summed E-state index contributed by atoms with van der Waals surface area (Å²) >= 11 is 0. The number of hydrogen-bond donors (Lipinski definition) is 1. The minimum atomic E-state index is -0.733. The van der Waals surface area contributed by atoms with Crippen LogP contribution in [0.4, 0.5) is 11.4 Å². The average Bonchev–Trinajstić information content (AvgIpc) is 3.02. The van der Waals surface area contributed by atoms with E-state index in [1.807, 2.05) is 0 Å². The van der Waals surface area contributed by atoms with Crippen LogP contribution in [0.3, 0.4) is 0 Å². The second-order valence-electron chi connectivity index (χ2n) is 5.27. The van der Waals surface area contributed by atoms with E-state index in [0.717, 1.165) is 0 Å². The van der Waals surface area contributed by atoms with Crippen LogP contribution in [-0.2, 0) is 19.1 Å². The topological polar surface area (TPSA) is 111 Å². The van der Waals surface area contributed by atoms with Crippen molar-refractivity contribution in [2.45, 2.75) is 6.92 Å². The second-order valence-corrected chi connectivity index (χ2v) is 5.27. The van der Waals surface area contributed by atoms with E-state index in [2.05, 4.69) is 10.5 Å². The summed E-state index contributed by atoms with van der Waals surface area (Å²) in [6.45, 7) is 0.642. The van der Waals surface area contributed by atoms with Crippen LogP contribution < -0.4 is 15.0 Å². The highest BCUT2D eigenvalue weighted by Crippen LogP contribution is 2.28. The predicted octanol–water partition coefficient (Wildman–Crippen LogP) is 0.890. The third-order valence-corrected chi connectivity index (χ3v) is 3.37. The highest BCUT2D eigenvalue weighted by molar-refractivity contribution is 6.10. The smallest absolute Gasteiger partial charge is 0.344 e. The van der Waals surface area contributed by atoms with E-state index in [1.165, 1.54) is 11.0 Å². The van der Waals surface area contributed by atoms with Gasteiger partial charge in [-0.25, -0.2) is 4.79 Å². The van der Waals surface area contributed by atoms with Gasteiger partial charge in [0.05, 0.1) is 11.4 Å². The lowest BCUT2D eigenvalue weighted by atomic mass is 10.2. The quantitative estimate of drug-likeness (QED) is 0.801. The van der Waals surface area contributed by atoms with Crippen molar-refractivity contribution in [2.75, 3.05) is 30.0 Å². The third-order valence-electron chi connectivity index (χ3n) is 3.37. The largest absolute Gasteiger partial charge is 0.463 e. The minimum Gasteiger partial charge on any atom is -0.463 e.